The summed E-state index contributed by atoms with van der Waals surface area (Å²) in [5, 5.41) is 10.3. The number of aliphatic hydroxyl groups is 1. The van der Waals surface area contributed by atoms with Gasteiger partial charge in [-0.15, -0.1) is 0 Å². The second-order valence-electron chi connectivity index (χ2n) is 4.04. The Balaban J connectivity index is 2.25. The topological polar surface area (TPSA) is 20.2 Å². The summed E-state index contributed by atoms with van der Waals surface area (Å²) in [6, 6.07) is 9.83. The highest BCUT2D eigenvalue weighted by atomic mass is 35.5. The van der Waals surface area contributed by atoms with Crippen molar-refractivity contribution in [1.29, 1.82) is 0 Å². The largest absolute Gasteiger partial charge is 0.389 e. The molecule has 1 nitrogen and oxygen atoms in total. The van der Waals surface area contributed by atoms with Crippen molar-refractivity contribution in [3.8, 4) is 0 Å². The molecule has 1 atom stereocenters. The summed E-state index contributed by atoms with van der Waals surface area (Å²) in [5.74, 6) is -0.366. The molecule has 0 aromatic heterocycles. The molecule has 19 heavy (non-hydrogen) atoms. The van der Waals surface area contributed by atoms with Crippen molar-refractivity contribution in [3.05, 3.63) is 57.8 Å². The third-order valence-electron chi connectivity index (χ3n) is 2.56. The third kappa shape index (κ3) is 3.63. The van der Waals surface area contributed by atoms with E-state index in [1.807, 2.05) is 0 Å². The van der Waals surface area contributed by atoms with Crippen molar-refractivity contribution in [2.45, 2.75) is 22.8 Å². The molecule has 2 aromatic carbocycles. The molecule has 0 amide bonds. The van der Waals surface area contributed by atoms with Crippen LogP contribution in [0.2, 0.25) is 10.0 Å². The van der Waals surface area contributed by atoms with E-state index in [1.54, 1.807) is 37.3 Å². The number of aliphatic hydroxyl groups excluding tert-OH is 1. The fourth-order valence-corrected chi connectivity index (χ4v) is 2.75. The van der Waals surface area contributed by atoms with Crippen LogP contribution in [0.25, 0.3) is 0 Å². The van der Waals surface area contributed by atoms with Gasteiger partial charge in [0.25, 0.3) is 0 Å². The summed E-state index contributed by atoms with van der Waals surface area (Å²) in [5.41, 5.74) is 0.552. The molecule has 0 fully saturated rings. The van der Waals surface area contributed by atoms with Crippen LogP contribution in [0.4, 0.5) is 4.39 Å². The number of hydrogen-bond donors (Lipinski definition) is 1. The maximum Gasteiger partial charge on any atom is 0.137 e. The number of rotatable bonds is 3. The van der Waals surface area contributed by atoms with Gasteiger partial charge >= 0.3 is 0 Å². The van der Waals surface area contributed by atoms with Crippen LogP contribution in [0.3, 0.4) is 0 Å². The molecule has 0 aliphatic heterocycles. The van der Waals surface area contributed by atoms with E-state index < -0.39 is 6.10 Å². The van der Waals surface area contributed by atoms with Crippen LogP contribution in [0, 0.1) is 5.82 Å². The summed E-state index contributed by atoms with van der Waals surface area (Å²) in [6.45, 7) is 1.60. The van der Waals surface area contributed by atoms with E-state index in [1.165, 1.54) is 17.8 Å². The molecule has 1 N–H and O–H groups in total. The average Bonchev–Trinajstić information content (AvgIpc) is 2.36. The fraction of sp³-hybridized carbons (Fsp3) is 0.143. The van der Waals surface area contributed by atoms with Gasteiger partial charge in [0.1, 0.15) is 5.82 Å². The van der Waals surface area contributed by atoms with E-state index in [0.717, 1.165) is 4.90 Å². The highest BCUT2D eigenvalue weighted by molar-refractivity contribution is 7.99. The summed E-state index contributed by atoms with van der Waals surface area (Å²) < 4.78 is 13.9. The first-order valence-electron chi connectivity index (χ1n) is 5.58. The minimum atomic E-state index is -0.682. The van der Waals surface area contributed by atoms with Crippen molar-refractivity contribution < 1.29 is 9.50 Å². The van der Waals surface area contributed by atoms with Crippen LogP contribution in [0.5, 0.6) is 0 Å². The van der Waals surface area contributed by atoms with Gasteiger partial charge in [-0.1, -0.05) is 41.0 Å². The Hall–Kier alpha value is -0.740. The molecule has 0 bridgehead atoms. The van der Waals surface area contributed by atoms with Crippen LogP contribution < -0.4 is 0 Å². The van der Waals surface area contributed by atoms with E-state index >= 15 is 0 Å². The lowest BCUT2D eigenvalue weighted by atomic mass is 10.1. The Bertz CT molecular complexity index is 602. The molecule has 0 saturated heterocycles. The van der Waals surface area contributed by atoms with Crippen LogP contribution >= 0.6 is 35.0 Å². The molecule has 0 radical (unpaired) electrons. The molecular formula is C14H11Cl2FOS. The van der Waals surface area contributed by atoms with E-state index in [2.05, 4.69) is 0 Å². The Morgan fingerprint density at radius 1 is 1.11 bits per heavy atom. The van der Waals surface area contributed by atoms with E-state index in [4.69, 9.17) is 23.2 Å². The van der Waals surface area contributed by atoms with Gasteiger partial charge in [-0.25, -0.2) is 4.39 Å². The molecular weight excluding hydrogens is 306 g/mol. The Kier molecular flexibility index (Phi) is 4.74. The summed E-state index contributed by atoms with van der Waals surface area (Å²) in [4.78, 5) is 1.28. The molecule has 0 unspecified atom stereocenters. The van der Waals surface area contributed by atoms with Gasteiger partial charge in [-0.05, 0) is 42.8 Å². The molecule has 0 aliphatic carbocycles. The van der Waals surface area contributed by atoms with Gasteiger partial charge in [-0.3, -0.25) is 0 Å². The lowest BCUT2D eigenvalue weighted by molar-refractivity contribution is 0.198. The van der Waals surface area contributed by atoms with Crippen LogP contribution in [-0.4, -0.2) is 5.11 Å². The van der Waals surface area contributed by atoms with Crippen LogP contribution in [-0.2, 0) is 0 Å². The lowest BCUT2D eigenvalue weighted by Crippen LogP contribution is -1.92. The van der Waals surface area contributed by atoms with Crippen molar-refractivity contribution in [2.24, 2.45) is 0 Å². The van der Waals surface area contributed by atoms with Crippen LogP contribution in [0.15, 0.2) is 46.2 Å². The van der Waals surface area contributed by atoms with E-state index in [0.29, 0.717) is 20.5 Å². The predicted octanol–water partition coefficient (Wildman–Crippen LogP) is 5.34. The van der Waals surface area contributed by atoms with Crippen molar-refractivity contribution in [2.75, 3.05) is 0 Å². The minimum Gasteiger partial charge on any atom is -0.389 e. The fourth-order valence-electron chi connectivity index (χ4n) is 1.53. The molecule has 5 heteroatoms. The monoisotopic (exact) mass is 316 g/mol. The smallest absolute Gasteiger partial charge is 0.137 e. The number of halogens is 3. The first kappa shape index (κ1) is 14.7. The molecule has 0 aliphatic rings. The first-order valence-corrected chi connectivity index (χ1v) is 7.15. The normalized spacial score (nSPS) is 12.5. The summed E-state index contributed by atoms with van der Waals surface area (Å²) >= 11 is 13.0. The molecule has 2 aromatic rings. The van der Waals surface area contributed by atoms with Gasteiger partial charge in [0, 0.05) is 9.79 Å². The van der Waals surface area contributed by atoms with Gasteiger partial charge in [0.2, 0.25) is 0 Å². The van der Waals surface area contributed by atoms with Crippen LogP contribution in [0.1, 0.15) is 18.6 Å². The highest BCUT2D eigenvalue weighted by Gasteiger charge is 2.09. The van der Waals surface area contributed by atoms with Crippen molar-refractivity contribution in [3.63, 3.8) is 0 Å². The Morgan fingerprint density at radius 3 is 2.42 bits per heavy atom. The zero-order valence-electron chi connectivity index (χ0n) is 10.0. The molecule has 0 spiro atoms. The van der Waals surface area contributed by atoms with Gasteiger partial charge < -0.3 is 5.11 Å². The third-order valence-corrected chi connectivity index (χ3v) is 4.34. The standard InChI is InChI=1S/C14H11Cl2FOS/c1-8(18)9-2-5-14(13(17)6-9)19-10-3-4-11(15)12(16)7-10/h2-8,18H,1H3/t8-/m1/s1. The highest BCUT2D eigenvalue weighted by Crippen LogP contribution is 2.34. The quantitative estimate of drug-likeness (QED) is 0.825. The summed E-state index contributed by atoms with van der Waals surface area (Å²) in [7, 11) is 0. The SMILES string of the molecule is C[C@@H](O)c1ccc(Sc2ccc(Cl)c(Cl)c2)c(F)c1. The predicted molar refractivity (Wildman–Crippen MR) is 77.6 cm³/mol. The van der Waals surface area contributed by atoms with E-state index in [9.17, 15) is 9.50 Å². The maximum absolute atomic E-state index is 13.9. The molecule has 2 rings (SSSR count). The van der Waals surface area contributed by atoms with Gasteiger partial charge in [0.15, 0.2) is 0 Å². The molecule has 100 valence electrons. The summed E-state index contributed by atoms with van der Waals surface area (Å²) in [6.07, 6.45) is -0.682. The number of benzene rings is 2. The first-order chi connectivity index (χ1) is 8.97. The van der Waals surface area contributed by atoms with Gasteiger partial charge in [-0.2, -0.15) is 0 Å². The van der Waals surface area contributed by atoms with Gasteiger partial charge in [0.05, 0.1) is 16.1 Å². The van der Waals surface area contributed by atoms with Crippen molar-refractivity contribution in [1.82, 2.24) is 0 Å². The Morgan fingerprint density at radius 2 is 1.84 bits per heavy atom. The second kappa shape index (κ2) is 6.14. The minimum absolute atomic E-state index is 0.366. The van der Waals surface area contributed by atoms with E-state index in [-0.39, 0.29) is 5.82 Å². The molecule has 0 saturated carbocycles. The number of hydrogen-bond acceptors (Lipinski definition) is 2. The van der Waals surface area contributed by atoms with Crippen molar-refractivity contribution >= 4 is 35.0 Å². The zero-order chi connectivity index (χ0) is 14.0. The maximum atomic E-state index is 13.9. The zero-order valence-corrected chi connectivity index (χ0v) is 12.4. The average molecular weight is 317 g/mol. The second-order valence-corrected chi connectivity index (χ2v) is 5.97. The molecule has 0 heterocycles. The Labute approximate surface area is 125 Å². The lowest BCUT2D eigenvalue weighted by Gasteiger charge is -2.08.